The highest BCUT2D eigenvalue weighted by Gasteiger charge is 2.27. The van der Waals surface area contributed by atoms with Crippen molar-refractivity contribution in [3.63, 3.8) is 0 Å². The number of hydrogen-bond acceptors (Lipinski definition) is 16. The van der Waals surface area contributed by atoms with Crippen molar-refractivity contribution < 1.29 is 79.0 Å². The number of phenolic OH excluding ortho intramolecular Hbond substituents is 8. The second-order valence-electron chi connectivity index (χ2n) is 27.1. The smallest absolute Gasteiger partial charge is 0.193 e. The molecular weight excluding hydrogens is 1310 g/mol. The van der Waals surface area contributed by atoms with Gasteiger partial charge in [0.2, 0.25) is 0 Å². The molecule has 552 valence electrons. The summed E-state index contributed by atoms with van der Waals surface area (Å²) in [6.45, 7) is 24.0. The largest absolute Gasteiger partial charge is 0.507 e. The highest BCUT2D eigenvalue weighted by molar-refractivity contribution is 6.12. The molecule has 0 saturated carbocycles. The van der Waals surface area contributed by atoms with Crippen LogP contribution in [0.25, 0.3) is 12.2 Å². The van der Waals surface area contributed by atoms with Crippen molar-refractivity contribution in [2.75, 3.05) is 28.4 Å². The number of aryl methyl sites for hydroxylation is 6. The normalized spacial score (nSPS) is 10.9. The van der Waals surface area contributed by atoms with Crippen LogP contribution in [0, 0.1) is 39.5 Å². The minimum absolute atomic E-state index is 0.0323. The molecule has 0 fully saturated rings. The first-order valence-corrected chi connectivity index (χ1v) is 34.8. The minimum Gasteiger partial charge on any atom is -0.507 e. The van der Waals surface area contributed by atoms with Gasteiger partial charge in [-0.3, -0.25) is 19.2 Å². The maximum absolute atomic E-state index is 12.8. The van der Waals surface area contributed by atoms with Gasteiger partial charge >= 0.3 is 0 Å². The Hall–Kier alpha value is -11.0. The molecule has 0 atom stereocenters. The van der Waals surface area contributed by atoms with E-state index in [1.165, 1.54) is 76.0 Å². The van der Waals surface area contributed by atoms with Gasteiger partial charge in [-0.15, -0.1) is 0 Å². The summed E-state index contributed by atoms with van der Waals surface area (Å²) in [5, 5.41) is 83.1. The number of carbonyl (C=O) groups excluding carboxylic acids is 4. The Bertz CT molecular complexity index is 4350. The summed E-state index contributed by atoms with van der Waals surface area (Å²) >= 11 is 0. The van der Waals surface area contributed by atoms with Crippen LogP contribution in [0.2, 0.25) is 0 Å². The Kier molecular flexibility index (Phi) is 32.7. The lowest BCUT2D eigenvalue weighted by Crippen LogP contribution is -2.07. The van der Waals surface area contributed by atoms with Crippen LogP contribution in [0.1, 0.15) is 189 Å². The second kappa shape index (κ2) is 40.6. The first-order valence-electron chi connectivity index (χ1n) is 34.8. The van der Waals surface area contributed by atoms with Crippen LogP contribution >= 0.6 is 0 Å². The van der Waals surface area contributed by atoms with Gasteiger partial charge in [-0.05, 0) is 153 Å². The number of phenols is 8. The van der Waals surface area contributed by atoms with E-state index in [1.807, 2.05) is 165 Å². The van der Waals surface area contributed by atoms with Crippen LogP contribution in [0.15, 0.2) is 157 Å². The zero-order valence-corrected chi connectivity index (χ0v) is 63.1. The zero-order chi connectivity index (χ0) is 77.1. The van der Waals surface area contributed by atoms with Crippen molar-refractivity contribution in [2.45, 2.75) is 147 Å². The summed E-state index contributed by atoms with van der Waals surface area (Å²) in [5.74, 6) is -0.703. The van der Waals surface area contributed by atoms with Gasteiger partial charge in [0, 0.05) is 59.4 Å². The Morgan fingerprint density at radius 2 is 0.625 bits per heavy atom. The monoisotopic (exact) mass is 1420 g/mol. The van der Waals surface area contributed by atoms with Crippen LogP contribution in [0.3, 0.4) is 0 Å². The lowest BCUT2D eigenvalue weighted by Gasteiger charge is -2.16. The van der Waals surface area contributed by atoms with Gasteiger partial charge in [-0.25, -0.2) is 0 Å². The van der Waals surface area contributed by atoms with Crippen LogP contribution in [0.5, 0.6) is 69.0 Å². The molecule has 8 aromatic rings. The molecule has 0 aromatic heterocycles. The molecule has 0 aliphatic heterocycles. The number of ketones is 4. The lowest BCUT2D eigenvalue weighted by molar-refractivity contribution is 0.0968. The second-order valence-corrected chi connectivity index (χ2v) is 27.1. The predicted octanol–water partition coefficient (Wildman–Crippen LogP) is 19.3. The maximum Gasteiger partial charge on any atom is 0.193 e. The summed E-state index contributed by atoms with van der Waals surface area (Å²) in [5.41, 5.74) is 12.5. The van der Waals surface area contributed by atoms with Crippen molar-refractivity contribution in [3.8, 4) is 69.0 Å². The molecule has 16 nitrogen and oxygen atoms in total. The highest BCUT2D eigenvalue weighted by atomic mass is 16.5. The van der Waals surface area contributed by atoms with E-state index in [0.29, 0.717) is 72.6 Å². The molecule has 0 unspecified atom stereocenters. The van der Waals surface area contributed by atoms with E-state index in [4.69, 9.17) is 18.9 Å². The first kappa shape index (κ1) is 83.7. The van der Waals surface area contributed by atoms with E-state index in [2.05, 4.69) is 27.7 Å². The molecular formula is C88H104O16. The lowest BCUT2D eigenvalue weighted by atomic mass is 9.94. The fraction of sp³-hybridized carbons (Fsp3) is 0.318. The molecule has 8 rings (SSSR count). The van der Waals surface area contributed by atoms with E-state index in [0.717, 1.165) is 57.4 Å². The highest BCUT2D eigenvalue weighted by Crippen LogP contribution is 2.44. The van der Waals surface area contributed by atoms with Crippen molar-refractivity contribution in [2.24, 2.45) is 11.8 Å². The van der Waals surface area contributed by atoms with Gasteiger partial charge in [0.1, 0.15) is 91.2 Å². The molecule has 0 aliphatic carbocycles. The number of allylic oxidation sites excluding steroid dienone is 6. The third-order valence-electron chi connectivity index (χ3n) is 17.2. The zero-order valence-electron chi connectivity index (χ0n) is 63.1. The summed E-state index contributed by atoms with van der Waals surface area (Å²) in [6.07, 6.45) is 14.9. The number of ether oxygens (including phenoxy) is 4. The number of carbonyl (C=O) groups is 4. The standard InChI is InChI=1S/C22H28O4.2C22H26O4.C22H24O4/c4*1-14(2)5-11-17-19(24)13-20(26-4)21(22(17)25)18(23)12-10-16-8-6-15(3)7-9-16/h6-9,13-14,24-25H,5,10-12H2,1-4H3;6-10,12-14,24-25H,5,11H2,1-4H3;5-9,13,24-25H,10-12H2,1-4H3;5-10,12-13,24-25H,11H2,1-4H3/b;12-10+;;12-10+. The number of benzene rings is 8. The Morgan fingerprint density at radius 1 is 0.365 bits per heavy atom. The van der Waals surface area contributed by atoms with Crippen molar-refractivity contribution >= 4 is 35.3 Å². The quantitative estimate of drug-likeness (QED) is 0.0129. The van der Waals surface area contributed by atoms with E-state index in [1.54, 1.807) is 12.2 Å². The molecule has 0 amide bonds. The fourth-order valence-electron chi connectivity index (χ4n) is 10.9. The molecule has 0 aliphatic rings. The number of hydrogen-bond donors (Lipinski definition) is 8. The SMILES string of the molecule is COc1cc(O)c(CC=C(C)C)c(O)c1C(=O)/C=C/c1ccc(C)cc1.COc1cc(O)c(CC=C(C)C)c(O)c1C(=O)CCc1ccc(C)cc1.COc1cc(O)c(CCC(C)C)c(O)c1C(=O)/C=C/c1ccc(C)cc1.COc1cc(O)c(CCC(C)C)c(O)c1C(=O)CCc1ccc(C)cc1. The van der Waals surface area contributed by atoms with E-state index in [9.17, 15) is 60.0 Å². The average Bonchev–Trinajstić information content (AvgIpc) is 0.816. The fourth-order valence-corrected chi connectivity index (χ4v) is 10.9. The molecule has 16 heteroatoms. The van der Waals surface area contributed by atoms with E-state index in [-0.39, 0.29) is 121 Å². The molecule has 0 saturated heterocycles. The summed E-state index contributed by atoms with van der Waals surface area (Å²) in [4.78, 5) is 50.9. The van der Waals surface area contributed by atoms with Gasteiger partial charge < -0.3 is 59.8 Å². The summed E-state index contributed by atoms with van der Waals surface area (Å²) in [7, 11) is 5.65. The van der Waals surface area contributed by atoms with Crippen molar-refractivity contribution in [1.82, 2.24) is 0 Å². The molecule has 0 spiro atoms. The van der Waals surface area contributed by atoms with Gasteiger partial charge in [-0.2, -0.15) is 0 Å². The average molecular weight is 1420 g/mol. The van der Waals surface area contributed by atoms with Gasteiger partial charge in [-0.1, -0.05) is 182 Å². The van der Waals surface area contributed by atoms with Crippen LogP contribution in [-0.2, 0) is 38.5 Å². The predicted molar refractivity (Wildman–Crippen MR) is 415 cm³/mol. The Morgan fingerprint density at radius 3 is 0.913 bits per heavy atom. The first-order chi connectivity index (χ1) is 49.3. The molecule has 0 radical (unpaired) electrons. The topological polar surface area (TPSA) is 267 Å². The van der Waals surface area contributed by atoms with Crippen molar-refractivity contribution in [3.05, 3.63) is 246 Å². The van der Waals surface area contributed by atoms with Gasteiger partial charge in [0.15, 0.2) is 23.1 Å². The van der Waals surface area contributed by atoms with Crippen LogP contribution in [0.4, 0.5) is 0 Å². The maximum atomic E-state index is 12.8. The number of Topliss-reactive ketones (excluding diaryl/α,β-unsaturated/α-hetero) is 2. The van der Waals surface area contributed by atoms with E-state index < -0.39 is 5.78 Å². The summed E-state index contributed by atoms with van der Waals surface area (Å²) in [6, 6.07) is 37.1. The number of rotatable bonds is 28. The molecule has 8 aromatic carbocycles. The van der Waals surface area contributed by atoms with Gasteiger partial charge in [0.25, 0.3) is 0 Å². The Balaban J connectivity index is 0.000000249. The van der Waals surface area contributed by atoms with Crippen LogP contribution in [-0.4, -0.2) is 92.4 Å². The summed E-state index contributed by atoms with van der Waals surface area (Å²) < 4.78 is 20.8. The van der Waals surface area contributed by atoms with Gasteiger partial charge in [0.05, 0.1) is 28.4 Å². The van der Waals surface area contributed by atoms with Crippen molar-refractivity contribution in [1.29, 1.82) is 0 Å². The van der Waals surface area contributed by atoms with E-state index >= 15 is 0 Å². The third kappa shape index (κ3) is 24.6. The van der Waals surface area contributed by atoms with Crippen LogP contribution < -0.4 is 18.9 Å². The number of aromatic hydroxyl groups is 8. The Labute approximate surface area is 613 Å². The third-order valence-corrected chi connectivity index (χ3v) is 17.2. The molecule has 0 bridgehead atoms. The molecule has 0 heterocycles. The molecule has 104 heavy (non-hydrogen) atoms. The number of methoxy groups -OCH3 is 4. The molecule has 8 N–H and O–H groups in total. The minimum atomic E-state index is -0.390.